The summed E-state index contributed by atoms with van der Waals surface area (Å²) >= 11 is 0. The maximum atomic E-state index is 12.2. The Morgan fingerprint density at radius 3 is 2.57 bits per heavy atom. The molecule has 148 valence electrons. The zero-order chi connectivity index (χ0) is 20.0. The highest BCUT2D eigenvalue weighted by atomic mass is 16.5. The van der Waals surface area contributed by atoms with Crippen LogP contribution < -0.4 is 5.32 Å². The lowest BCUT2D eigenvalue weighted by atomic mass is 9.75. The third-order valence-corrected chi connectivity index (χ3v) is 4.85. The number of benzene rings is 2. The fourth-order valence-electron chi connectivity index (χ4n) is 3.66. The van der Waals surface area contributed by atoms with E-state index in [-0.39, 0.29) is 32.1 Å². The van der Waals surface area contributed by atoms with Crippen molar-refractivity contribution < 1.29 is 24.2 Å². The van der Waals surface area contributed by atoms with Gasteiger partial charge in [0.25, 0.3) is 0 Å². The predicted octanol–water partition coefficient (Wildman–Crippen LogP) is 3.07. The van der Waals surface area contributed by atoms with E-state index in [0.717, 1.165) is 11.1 Å². The van der Waals surface area contributed by atoms with Crippen LogP contribution in [0.2, 0.25) is 0 Å². The number of alkyl carbamates (subject to hydrolysis) is 1. The van der Waals surface area contributed by atoms with Crippen LogP contribution in [0.4, 0.5) is 4.79 Å². The smallest absolute Gasteiger partial charge is 0.407 e. The van der Waals surface area contributed by atoms with E-state index in [1.807, 2.05) is 54.6 Å². The summed E-state index contributed by atoms with van der Waals surface area (Å²) in [5, 5.41) is 14.0. The fourth-order valence-corrected chi connectivity index (χ4v) is 3.66. The van der Waals surface area contributed by atoms with Gasteiger partial charge in [-0.2, -0.15) is 0 Å². The first-order chi connectivity index (χ1) is 13.5. The highest BCUT2D eigenvalue weighted by Crippen LogP contribution is 2.38. The molecule has 6 nitrogen and oxygen atoms in total. The lowest BCUT2D eigenvalue weighted by Gasteiger charge is -2.38. The molecule has 0 heterocycles. The molecule has 0 bridgehead atoms. The second-order valence-electron chi connectivity index (χ2n) is 6.98. The maximum Gasteiger partial charge on any atom is 0.407 e. The molecule has 2 N–H and O–H groups in total. The zero-order valence-electron chi connectivity index (χ0n) is 15.9. The number of hydrogen-bond acceptors (Lipinski definition) is 5. The van der Waals surface area contributed by atoms with Gasteiger partial charge in [-0.3, -0.25) is 4.79 Å². The molecule has 28 heavy (non-hydrogen) atoms. The monoisotopic (exact) mass is 383 g/mol. The predicted molar refractivity (Wildman–Crippen MR) is 103 cm³/mol. The molecule has 1 aliphatic carbocycles. The van der Waals surface area contributed by atoms with E-state index in [1.54, 1.807) is 6.92 Å². The summed E-state index contributed by atoms with van der Waals surface area (Å²) in [4.78, 5) is 24.2. The Labute approximate surface area is 164 Å². The van der Waals surface area contributed by atoms with Crippen molar-refractivity contribution in [2.45, 2.75) is 44.4 Å². The summed E-state index contributed by atoms with van der Waals surface area (Å²) in [5.74, 6) is -0.466. The van der Waals surface area contributed by atoms with Gasteiger partial charge in [0.15, 0.2) is 0 Å². The fraction of sp³-hybridized carbons (Fsp3) is 0.364. The van der Waals surface area contributed by atoms with Gasteiger partial charge >= 0.3 is 12.1 Å². The third kappa shape index (κ3) is 4.89. The Morgan fingerprint density at radius 2 is 1.82 bits per heavy atom. The zero-order valence-corrected chi connectivity index (χ0v) is 15.9. The lowest BCUT2D eigenvalue weighted by molar-refractivity contribution is -0.150. The van der Waals surface area contributed by atoms with Crippen LogP contribution in [0.15, 0.2) is 54.6 Å². The Kier molecular flexibility index (Phi) is 6.31. The molecule has 6 heteroatoms. The van der Waals surface area contributed by atoms with Crippen molar-refractivity contribution in [3.05, 3.63) is 71.3 Å². The first-order valence-electron chi connectivity index (χ1n) is 9.44. The molecule has 0 saturated carbocycles. The van der Waals surface area contributed by atoms with E-state index in [0.29, 0.717) is 12.0 Å². The highest BCUT2D eigenvalue weighted by molar-refractivity contribution is 5.72. The van der Waals surface area contributed by atoms with Crippen LogP contribution >= 0.6 is 0 Å². The molecule has 0 aliphatic heterocycles. The number of carbonyl (C=O) groups is 2. The number of ether oxygens (including phenoxy) is 2. The van der Waals surface area contributed by atoms with Crippen LogP contribution in [0.5, 0.6) is 0 Å². The Balaban J connectivity index is 1.67. The van der Waals surface area contributed by atoms with Gasteiger partial charge in [0.1, 0.15) is 12.2 Å². The highest BCUT2D eigenvalue weighted by Gasteiger charge is 2.41. The van der Waals surface area contributed by atoms with Crippen molar-refractivity contribution in [3.63, 3.8) is 0 Å². The standard InChI is InChI=1S/C22H25NO5/c1-2-27-20(24)14-22(26)13-18(12-17-10-6-7-11-19(17)22)23-21(25)28-15-16-8-4-3-5-9-16/h3-11,18,26H,2,12-15H2,1H3,(H,23,25). The minimum atomic E-state index is -1.39. The van der Waals surface area contributed by atoms with E-state index in [2.05, 4.69) is 5.32 Å². The Bertz CT molecular complexity index is 823. The molecule has 0 radical (unpaired) electrons. The van der Waals surface area contributed by atoms with E-state index in [9.17, 15) is 14.7 Å². The average Bonchev–Trinajstić information content (AvgIpc) is 2.67. The van der Waals surface area contributed by atoms with Gasteiger partial charge in [0.2, 0.25) is 0 Å². The van der Waals surface area contributed by atoms with Crippen molar-refractivity contribution in [2.24, 2.45) is 0 Å². The SMILES string of the molecule is CCOC(=O)CC1(O)CC(NC(=O)OCc2ccccc2)Cc2ccccc21. The summed E-state index contributed by atoms with van der Waals surface area (Å²) in [6.45, 7) is 2.15. The molecule has 1 aliphatic rings. The van der Waals surface area contributed by atoms with Gasteiger partial charge in [-0.05, 0) is 30.0 Å². The molecule has 3 rings (SSSR count). The van der Waals surface area contributed by atoms with Crippen LogP contribution in [-0.2, 0) is 32.9 Å². The quantitative estimate of drug-likeness (QED) is 0.749. The molecule has 2 aromatic carbocycles. The van der Waals surface area contributed by atoms with Gasteiger partial charge < -0.3 is 19.9 Å². The van der Waals surface area contributed by atoms with Crippen LogP contribution in [0.3, 0.4) is 0 Å². The van der Waals surface area contributed by atoms with Crippen molar-refractivity contribution in [1.29, 1.82) is 0 Å². The molecule has 0 aromatic heterocycles. The number of rotatable bonds is 6. The normalized spacial score (nSPS) is 20.7. The minimum absolute atomic E-state index is 0.158. The van der Waals surface area contributed by atoms with Crippen LogP contribution in [0, 0.1) is 0 Å². The van der Waals surface area contributed by atoms with Crippen molar-refractivity contribution in [3.8, 4) is 0 Å². The van der Waals surface area contributed by atoms with Gasteiger partial charge in [-0.1, -0.05) is 54.6 Å². The molecular formula is C22H25NO5. The molecule has 2 unspecified atom stereocenters. The number of hydrogen-bond donors (Lipinski definition) is 2. The first-order valence-corrected chi connectivity index (χ1v) is 9.44. The average molecular weight is 383 g/mol. The molecule has 0 spiro atoms. The second kappa shape index (κ2) is 8.89. The van der Waals surface area contributed by atoms with E-state index in [4.69, 9.17) is 9.47 Å². The Hall–Kier alpha value is -2.86. The van der Waals surface area contributed by atoms with E-state index in [1.165, 1.54) is 0 Å². The summed E-state index contributed by atoms with van der Waals surface area (Å²) in [7, 11) is 0. The van der Waals surface area contributed by atoms with Gasteiger partial charge in [0, 0.05) is 12.5 Å². The van der Waals surface area contributed by atoms with Crippen LogP contribution in [0.25, 0.3) is 0 Å². The number of amides is 1. The number of nitrogens with one attached hydrogen (secondary N) is 1. The van der Waals surface area contributed by atoms with Crippen molar-refractivity contribution in [1.82, 2.24) is 5.32 Å². The molecular weight excluding hydrogens is 358 g/mol. The van der Waals surface area contributed by atoms with Crippen LogP contribution in [0.1, 0.15) is 36.5 Å². The topological polar surface area (TPSA) is 84.9 Å². The Morgan fingerprint density at radius 1 is 1.11 bits per heavy atom. The summed E-state index contributed by atoms with van der Waals surface area (Å²) in [6.07, 6.45) is 0.0619. The largest absolute Gasteiger partial charge is 0.466 e. The van der Waals surface area contributed by atoms with Gasteiger partial charge in [-0.15, -0.1) is 0 Å². The summed E-state index contributed by atoms with van der Waals surface area (Å²) < 4.78 is 10.3. The summed E-state index contributed by atoms with van der Waals surface area (Å²) in [5.41, 5.74) is 1.11. The molecule has 2 aromatic rings. The maximum absolute atomic E-state index is 12.2. The third-order valence-electron chi connectivity index (χ3n) is 4.85. The molecule has 1 amide bonds. The van der Waals surface area contributed by atoms with E-state index < -0.39 is 17.7 Å². The van der Waals surface area contributed by atoms with Crippen LogP contribution in [-0.4, -0.2) is 29.8 Å². The van der Waals surface area contributed by atoms with Crippen molar-refractivity contribution >= 4 is 12.1 Å². The number of aliphatic hydroxyl groups is 1. The first kappa shape index (κ1) is 19.9. The second-order valence-corrected chi connectivity index (χ2v) is 6.98. The molecule has 2 atom stereocenters. The van der Waals surface area contributed by atoms with Crippen molar-refractivity contribution in [2.75, 3.05) is 6.61 Å². The van der Waals surface area contributed by atoms with E-state index >= 15 is 0 Å². The summed E-state index contributed by atoms with van der Waals surface area (Å²) in [6, 6.07) is 16.5. The minimum Gasteiger partial charge on any atom is -0.466 e. The lowest BCUT2D eigenvalue weighted by Crippen LogP contribution is -2.47. The molecule has 0 fully saturated rings. The number of esters is 1. The molecule has 0 saturated heterocycles. The van der Waals surface area contributed by atoms with Gasteiger partial charge in [-0.25, -0.2) is 4.79 Å². The number of carbonyl (C=O) groups excluding carboxylic acids is 2. The van der Waals surface area contributed by atoms with Gasteiger partial charge in [0.05, 0.1) is 13.0 Å². The number of fused-ring (bicyclic) bond motifs is 1.